The molecular formula is C33H47N3O7. The number of carbonyl (C=O) groups is 2. The first-order chi connectivity index (χ1) is 20.6. The summed E-state index contributed by atoms with van der Waals surface area (Å²) in [5.74, 6) is 1.03. The molecule has 2 aromatic carbocycles. The normalized spacial score (nSPS) is 15.3. The smallest absolute Gasteiger partial charge is 0.242 e. The largest absolute Gasteiger partial charge is 0.493 e. The minimum atomic E-state index is -0.622. The molecule has 2 amide bonds. The quantitative estimate of drug-likeness (QED) is 0.270. The van der Waals surface area contributed by atoms with E-state index in [0.29, 0.717) is 60.9 Å². The number of nitrogens with one attached hydrogen (secondary N) is 3. The van der Waals surface area contributed by atoms with Crippen LogP contribution in [0.3, 0.4) is 0 Å². The summed E-state index contributed by atoms with van der Waals surface area (Å²) in [6, 6.07) is 5.98. The van der Waals surface area contributed by atoms with Crippen molar-refractivity contribution in [2.45, 2.75) is 78.5 Å². The van der Waals surface area contributed by atoms with Gasteiger partial charge in [-0.2, -0.15) is 0 Å². The van der Waals surface area contributed by atoms with Crippen LogP contribution in [0.2, 0.25) is 0 Å². The number of rotatable bonds is 14. The first-order valence-corrected chi connectivity index (χ1v) is 15.0. The fraction of sp³-hybridized carbons (Fsp3) is 0.545. The lowest BCUT2D eigenvalue weighted by Gasteiger charge is -2.24. The van der Waals surface area contributed by atoms with Gasteiger partial charge >= 0.3 is 0 Å². The van der Waals surface area contributed by atoms with Crippen molar-refractivity contribution < 1.29 is 28.5 Å². The molecule has 10 heteroatoms. The van der Waals surface area contributed by atoms with Gasteiger partial charge in [-0.25, -0.2) is 0 Å². The second kappa shape index (κ2) is 15.6. The Labute approximate surface area is 254 Å². The van der Waals surface area contributed by atoms with Crippen molar-refractivity contribution in [1.29, 1.82) is 0 Å². The first kappa shape index (κ1) is 33.7. The zero-order valence-corrected chi connectivity index (χ0v) is 26.7. The second-order valence-corrected chi connectivity index (χ2v) is 11.2. The highest BCUT2D eigenvalue weighted by atomic mass is 16.5. The Hall–Kier alpha value is -3.79. The number of hydrogen-bond acceptors (Lipinski definition) is 8. The van der Waals surface area contributed by atoms with Crippen LogP contribution in [0.15, 0.2) is 29.1 Å². The van der Waals surface area contributed by atoms with Crippen LogP contribution in [-0.2, 0) is 20.7 Å². The molecule has 0 fully saturated rings. The van der Waals surface area contributed by atoms with E-state index in [4.69, 9.17) is 18.9 Å². The van der Waals surface area contributed by atoms with Gasteiger partial charge in [0.2, 0.25) is 23.0 Å². The van der Waals surface area contributed by atoms with Crippen LogP contribution in [0.5, 0.6) is 17.2 Å². The molecule has 236 valence electrons. The van der Waals surface area contributed by atoms with E-state index in [1.54, 1.807) is 33.5 Å². The van der Waals surface area contributed by atoms with Gasteiger partial charge < -0.3 is 34.9 Å². The number of anilines is 1. The molecule has 0 aromatic heterocycles. The van der Waals surface area contributed by atoms with Crippen LogP contribution in [-0.4, -0.2) is 58.4 Å². The van der Waals surface area contributed by atoms with Crippen molar-refractivity contribution in [1.82, 2.24) is 10.6 Å². The standard InChI is InChI=1S/C33H47N3O7/c1-9-20(4)30(33(39)34-15-10-16-43-19(2)3)36-26-14-12-23-24(18-27(26)38)25(35-21(5)37)13-11-22-17-28(40-6)31(41-7)32(42-8)29(22)23/h12,14,17-20,25,30H,9-11,13,15-16H2,1-8H3,(H,34,39)(H,35,37)(H,36,38). The monoisotopic (exact) mass is 597 g/mol. The van der Waals surface area contributed by atoms with E-state index >= 15 is 0 Å². The van der Waals surface area contributed by atoms with Crippen molar-refractivity contribution in [3.63, 3.8) is 0 Å². The molecule has 3 rings (SSSR count). The van der Waals surface area contributed by atoms with Crippen LogP contribution < -0.4 is 35.6 Å². The van der Waals surface area contributed by atoms with Crippen LogP contribution in [0.4, 0.5) is 5.69 Å². The van der Waals surface area contributed by atoms with E-state index in [1.807, 2.05) is 39.8 Å². The van der Waals surface area contributed by atoms with E-state index in [-0.39, 0.29) is 29.3 Å². The van der Waals surface area contributed by atoms with E-state index in [1.165, 1.54) is 6.92 Å². The number of amides is 2. The van der Waals surface area contributed by atoms with Gasteiger partial charge in [-0.05, 0) is 73.9 Å². The van der Waals surface area contributed by atoms with Gasteiger partial charge in [-0.15, -0.1) is 0 Å². The van der Waals surface area contributed by atoms with Crippen molar-refractivity contribution in [3.05, 3.63) is 45.6 Å². The van der Waals surface area contributed by atoms with Crippen LogP contribution >= 0.6 is 0 Å². The number of ether oxygens (including phenoxy) is 4. The highest BCUT2D eigenvalue weighted by Crippen LogP contribution is 2.50. The highest BCUT2D eigenvalue weighted by molar-refractivity contribution is 5.86. The second-order valence-electron chi connectivity index (χ2n) is 11.2. The van der Waals surface area contributed by atoms with Crippen molar-refractivity contribution in [3.8, 4) is 28.4 Å². The van der Waals surface area contributed by atoms with Gasteiger partial charge in [0.1, 0.15) is 6.04 Å². The summed E-state index contributed by atoms with van der Waals surface area (Å²) in [4.78, 5) is 39.3. The van der Waals surface area contributed by atoms with Gasteiger partial charge in [0, 0.05) is 25.6 Å². The molecule has 0 spiro atoms. The van der Waals surface area contributed by atoms with Crippen LogP contribution in [0.25, 0.3) is 11.1 Å². The number of fused-ring (bicyclic) bond motifs is 3. The maximum atomic E-state index is 13.8. The molecule has 1 aliphatic carbocycles. The fourth-order valence-corrected chi connectivity index (χ4v) is 5.41. The highest BCUT2D eigenvalue weighted by Gasteiger charge is 2.30. The molecule has 10 nitrogen and oxygen atoms in total. The Morgan fingerprint density at radius 2 is 1.74 bits per heavy atom. The number of hydrogen-bond donors (Lipinski definition) is 3. The molecule has 0 heterocycles. The molecule has 0 bridgehead atoms. The molecule has 0 aliphatic heterocycles. The molecule has 2 aromatic rings. The Morgan fingerprint density at radius 3 is 2.35 bits per heavy atom. The number of methoxy groups -OCH3 is 3. The van der Waals surface area contributed by atoms with Gasteiger partial charge in [0.05, 0.1) is 39.2 Å². The summed E-state index contributed by atoms with van der Waals surface area (Å²) >= 11 is 0. The van der Waals surface area contributed by atoms with Crippen LogP contribution in [0, 0.1) is 5.92 Å². The SMILES string of the molecule is CCC(C)C(Nc1ccc2c(cc1=O)C(NC(C)=O)CCc1cc(OC)c(OC)c(OC)c1-2)C(=O)NCCCOC(C)C. The number of aryl methyl sites for hydroxylation is 1. The summed E-state index contributed by atoms with van der Waals surface area (Å²) in [6.07, 6.45) is 2.73. The number of carbonyl (C=O) groups excluding carboxylic acids is 2. The lowest BCUT2D eigenvalue weighted by atomic mass is 9.95. The molecule has 0 saturated carbocycles. The average molecular weight is 598 g/mol. The summed E-state index contributed by atoms with van der Waals surface area (Å²) in [5.41, 5.74) is 3.10. The minimum Gasteiger partial charge on any atom is -0.493 e. The molecule has 3 unspecified atom stereocenters. The third-order valence-corrected chi connectivity index (χ3v) is 7.79. The lowest BCUT2D eigenvalue weighted by molar-refractivity contribution is -0.123. The Morgan fingerprint density at radius 1 is 1.02 bits per heavy atom. The molecule has 1 aliphatic rings. The fourth-order valence-electron chi connectivity index (χ4n) is 5.41. The van der Waals surface area contributed by atoms with Crippen molar-refractivity contribution >= 4 is 17.5 Å². The van der Waals surface area contributed by atoms with Gasteiger partial charge in [0.25, 0.3) is 0 Å². The molecule has 3 N–H and O–H groups in total. The molecule has 0 radical (unpaired) electrons. The van der Waals surface area contributed by atoms with Crippen LogP contribution in [0.1, 0.15) is 71.0 Å². The maximum absolute atomic E-state index is 13.8. The van der Waals surface area contributed by atoms with Crippen molar-refractivity contribution in [2.24, 2.45) is 5.92 Å². The molecule has 3 atom stereocenters. The molecular weight excluding hydrogens is 550 g/mol. The van der Waals surface area contributed by atoms with Gasteiger partial charge in [-0.1, -0.05) is 26.3 Å². The Bertz CT molecular complexity index is 1340. The first-order valence-electron chi connectivity index (χ1n) is 15.0. The van der Waals surface area contributed by atoms with Crippen molar-refractivity contribution in [2.75, 3.05) is 39.8 Å². The predicted octanol–water partition coefficient (Wildman–Crippen LogP) is 4.62. The van der Waals surface area contributed by atoms with E-state index in [9.17, 15) is 14.4 Å². The van der Waals surface area contributed by atoms with Gasteiger partial charge in [-0.3, -0.25) is 14.4 Å². The average Bonchev–Trinajstić information content (AvgIpc) is 3.22. The molecule has 0 saturated heterocycles. The zero-order valence-electron chi connectivity index (χ0n) is 26.7. The Kier molecular flexibility index (Phi) is 12.2. The van der Waals surface area contributed by atoms with E-state index in [2.05, 4.69) is 16.0 Å². The van der Waals surface area contributed by atoms with Gasteiger partial charge in [0.15, 0.2) is 11.5 Å². The zero-order chi connectivity index (χ0) is 31.7. The maximum Gasteiger partial charge on any atom is 0.242 e. The van der Waals surface area contributed by atoms with E-state index < -0.39 is 12.1 Å². The summed E-state index contributed by atoms with van der Waals surface area (Å²) in [5, 5.41) is 9.25. The Balaban J connectivity index is 2.10. The predicted molar refractivity (Wildman–Crippen MR) is 168 cm³/mol. The summed E-state index contributed by atoms with van der Waals surface area (Å²) < 4.78 is 22.7. The summed E-state index contributed by atoms with van der Waals surface area (Å²) in [6.45, 7) is 10.4. The third-order valence-electron chi connectivity index (χ3n) is 7.79. The van der Waals surface area contributed by atoms with E-state index in [0.717, 1.165) is 23.1 Å². The third kappa shape index (κ3) is 8.19. The lowest BCUT2D eigenvalue weighted by Crippen LogP contribution is -2.44. The minimum absolute atomic E-state index is 0.0423. The number of benzene rings is 1. The summed E-state index contributed by atoms with van der Waals surface area (Å²) in [7, 11) is 4.68. The topological polar surface area (TPSA) is 124 Å². The molecule has 43 heavy (non-hydrogen) atoms.